The summed E-state index contributed by atoms with van der Waals surface area (Å²) in [5.74, 6) is -1.17. The van der Waals surface area contributed by atoms with Gasteiger partial charge in [-0.15, -0.1) is 0 Å². The number of carbonyl (C=O) groups excluding carboxylic acids is 1. The second-order valence-electron chi connectivity index (χ2n) is 5.62. The third-order valence-electron chi connectivity index (χ3n) is 2.62. The van der Waals surface area contributed by atoms with Crippen LogP contribution in [0.2, 0.25) is 0 Å². The van der Waals surface area contributed by atoms with Gasteiger partial charge in [-0.1, -0.05) is 27.7 Å². The molecule has 0 spiro atoms. The molecule has 0 aromatic heterocycles. The fourth-order valence-corrected chi connectivity index (χ4v) is 1.95. The van der Waals surface area contributed by atoms with E-state index in [-0.39, 0.29) is 17.4 Å². The average molecular weight is 269 g/mol. The minimum absolute atomic E-state index is 0.193. The molecule has 0 fully saturated rings. The molecule has 0 atom stereocenters. The van der Waals surface area contributed by atoms with Crippen molar-refractivity contribution in [2.45, 2.75) is 27.7 Å². The highest BCUT2D eigenvalue weighted by molar-refractivity contribution is 5.94. The number of carbonyl (C=O) groups is 1. The van der Waals surface area contributed by atoms with Gasteiger partial charge >= 0.3 is 0 Å². The standard InChI is InChI=1S/C15H21F2NO/c1-10(2)8-18(9-11(3)4)15(19)13-7-12(16)5-6-14(13)17/h5-7,10-11H,8-9H2,1-4H3. The van der Waals surface area contributed by atoms with E-state index in [0.717, 1.165) is 18.2 Å². The molecule has 0 bridgehead atoms. The summed E-state index contributed by atoms with van der Waals surface area (Å²) in [4.78, 5) is 13.9. The summed E-state index contributed by atoms with van der Waals surface area (Å²) in [6.07, 6.45) is 0. The normalized spacial score (nSPS) is 11.2. The van der Waals surface area contributed by atoms with Crippen molar-refractivity contribution >= 4 is 5.91 Å². The van der Waals surface area contributed by atoms with Crippen LogP contribution in [0.3, 0.4) is 0 Å². The fourth-order valence-electron chi connectivity index (χ4n) is 1.95. The van der Waals surface area contributed by atoms with Crippen LogP contribution >= 0.6 is 0 Å². The van der Waals surface area contributed by atoms with E-state index in [4.69, 9.17) is 0 Å². The Morgan fingerprint density at radius 2 is 1.63 bits per heavy atom. The van der Waals surface area contributed by atoms with Crippen LogP contribution in [-0.4, -0.2) is 23.9 Å². The fraction of sp³-hybridized carbons (Fsp3) is 0.533. The Kier molecular flexibility index (Phi) is 5.45. The maximum absolute atomic E-state index is 13.6. The first kappa shape index (κ1) is 15.6. The van der Waals surface area contributed by atoms with Gasteiger partial charge in [0.15, 0.2) is 0 Å². The molecule has 0 aliphatic heterocycles. The Balaban J connectivity index is 3.00. The number of nitrogens with zero attached hydrogens (tertiary/aromatic N) is 1. The topological polar surface area (TPSA) is 20.3 Å². The molecule has 4 heteroatoms. The Hall–Kier alpha value is -1.45. The Morgan fingerprint density at radius 3 is 2.11 bits per heavy atom. The van der Waals surface area contributed by atoms with Crippen LogP contribution < -0.4 is 0 Å². The molecule has 0 unspecified atom stereocenters. The van der Waals surface area contributed by atoms with Gasteiger partial charge in [0.2, 0.25) is 0 Å². The van der Waals surface area contributed by atoms with Gasteiger partial charge in [-0.3, -0.25) is 4.79 Å². The predicted molar refractivity (Wildman–Crippen MR) is 71.9 cm³/mol. The summed E-state index contributed by atoms with van der Waals surface area (Å²) in [6, 6.07) is 2.97. The molecule has 0 saturated carbocycles. The van der Waals surface area contributed by atoms with Gasteiger partial charge in [0, 0.05) is 13.1 Å². The monoisotopic (exact) mass is 269 g/mol. The third kappa shape index (κ3) is 4.62. The number of benzene rings is 1. The third-order valence-corrected chi connectivity index (χ3v) is 2.62. The van der Waals surface area contributed by atoms with Crippen LogP contribution in [-0.2, 0) is 0 Å². The summed E-state index contributed by atoms with van der Waals surface area (Å²) in [5.41, 5.74) is -0.193. The van der Waals surface area contributed by atoms with Crippen molar-refractivity contribution in [3.05, 3.63) is 35.4 Å². The van der Waals surface area contributed by atoms with E-state index in [9.17, 15) is 13.6 Å². The zero-order valence-electron chi connectivity index (χ0n) is 11.9. The first-order valence-electron chi connectivity index (χ1n) is 6.55. The molecule has 0 saturated heterocycles. The van der Waals surface area contributed by atoms with Gasteiger partial charge < -0.3 is 4.90 Å². The molecule has 1 aromatic carbocycles. The first-order valence-corrected chi connectivity index (χ1v) is 6.55. The van der Waals surface area contributed by atoms with E-state index in [0.29, 0.717) is 13.1 Å². The molecule has 1 aromatic rings. The largest absolute Gasteiger partial charge is 0.338 e. The van der Waals surface area contributed by atoms with Crippen LogP contribution in [0.4, 0.5) is 8.78 Å². The minimum atomic E-state index is -0.677. The van der Waals surface area contributed by atoms with Crippen molar-refractivity contribution in [2.24, 2.45) is 11.8 Å². The van der Waals surface area contributed by atoms with Gasteiger partial charge in [-0.05, 0) is 30.0 Å². The summed E-state index contributed by atoms with van der Waals surface area (Å²) in [5, 5.41) is 0. The summed E-state index contributed by atoms with van der Waals surface area (Å²) in [7, 11) is 0. The summed E-state index contributed by atoms with van der Waals surface area (Å²) in [6.45, 7) is 9.02. The number of rotatable bonds is 5. The lowest BCUT2D eigenvalue weighted by atomic mass is 10.1. The van der Waals surface area contributed by atoms with E-state index in [1.54, 1.807) is 4.90 Å². The minimum Gasteiger partial charge on any atom is -0.338 e. The maximum atomic E-state index is 13.6. The van der Waals surface area contributed by atoms with Gasteiger partial charge in [-0.25, -0.2) is 8.78 Å². The highest BCUT2D eigenvalue weighted by Crippen LogP contribution is 2.15. The van der Waals surface area contributed by atoms with Gasteiger partial charge in [0.25, 0.3) is 5.91 Å². The number of amides is 1. The molecule has 1 amide bonds. The van der Waals surface area contributed by atoms with Crippen molar-refractivity contribution in [2.75, 3.05) is 13.1 Å². The molecule has 0 aliphatic carbocycles. The van der Waals surface area contributed by atoms with Crippen molar-refractivity contribution in [1.29, 1.82) is 0 Å². The average Bonchev–Trinajstić information content (AvgIpc) is 2.29. The quantitative estimate of drug-likeness (QED) is 0.797. The molecule has 0 aliphatic rings. The molecule has 0 radical (unpaired) electrons. The van der Waals surface area contributed by atoms with E-state index < -0.39 is 17.5 Å². The highest BCUT2D eigenvalue weighted by Gasteiger charge is 2.21. The predicted octanol–water partition coefficient (Wildman–Crippen LogP) is 3.72. The van der Waals surface area contributed by atoms with E-state index in [1.807, 2.05) is 27.7 Å². The van der Waals surface area contributed by atoms with Crippen molar-refractivity contribution in [3.8, 4) is 0 Å². The molecular formula is C15H21F2NO. The second kappa shape index (κ2) is 6.64. The molecule has 19 heavy (non-hydrogen) atoms. The smallest absolute Gasteiger partial charge is 0.256 e. The SMILES string of the molecule is CC(C)CN(CC(C)C)C(=O)c1cc(F)ccc1F. The van der Waals surface area contributed by atoms with Crippen molar-refractivity contribution in [1.82, 2.24) is 4.90 Å². The van der Waals surface area contributed by atoms with E-state index >= 15 is 0 Å². The number of hydrogen-bond acceptors (Lipinski definition) is 1. The lowest BCUT2D eigenvalue weighted by Crippen LogP contribution is -2.37. The van der Waals surface area contributed by atoms with Gasteiger partial charge in [0.1, 0.15) is 11.6 Å². The zero-order valence-corrected chi connectivity index (χ0v) is 11.9. The number of hydrogen-bond donors (Lipinski definition) is 0. The van der Waals surface area contributed by atoms with Crippen molar-refractivity contribution in [3.63, 3.8) is 0 Å². The summed E-state index contributed by atoms with van der Waals surface area (Å²) >= 11 is 0. The molecule has 2 nitrogen and oxygen atoms in total. The number of halogens is 2. The maximum Gasteiger partial charge on any atom is 0.256 e. The zero-order chi connectivity index (χ0) is 14.6. The van der Waals surface area contributed by atoms with Gasteiger partial charge in [0.05, 0.1) is 5.56 Å². The lowest BCUT2D eigenvalue weighted by molar-refractivity contribution is 0.0710. The highest BCUT2D eigenvalue weighted by atomic mass is 19.1. The summed E-state index contributed by atoms with van der Waals surface area (Å²) < 4.78 is 26.8. The van der Waals surface area contributed by atoms with Crippen LogP contribution in [0.25, 0.3) is 0 Å². The Labute approximate surface area is 113 Å². The van der Waals surface area contributed by atoms with Crippen molar-refractivity contribution < 1.29 is 13.6 Å². The van der Waals surface area contributed by atoms with Crippen LogP contribution in [0.5, 0.6) is 0 Å². The molecule has 106 valence electrons. The van der Waals surface area contributed by atoms with Gasteiger partial charge in [-0.2, -0.15) is 0 Å². The van der Waals surface area contributed by atoms with Crippen LogP contribution in [0, 0.1) is 23.5 Å². The van der Waals surface area contributed by atoms with E-state index in [1.165, 1.54) is 0 Å². The van der Waals surface area contributed by atoms with Crippen LogP contribution in [0.15, 0.2) is 18.2 Å². The Morgan fingerprint density at radius 1 is 1.11 bits per heavy atom. The molecular weight excluding hydrogens is 248 g/mol. The molecule has 0 heterocycles. The second-order valence-corrected chi connectivity index (χ2v) is 5.62. The lowest BCUT2D eigenvalue weighted by Gasteiger charge is -2.26. The van der Waals surface area contributed by atoms with Crippen LogP contribution in [0.1, 0.15) is 38.1 Å². The Bertz CT molecular complexity index is 434. The van der Waals surface area contributed by atoms with E-state index in [2.05, 4.69) is 0 Å². The first-order chi connectivity index (χ1) is 8.81. The molecule has 1 rings (SSSR count). The molecule has 0 N–H and O–H groups in total.